The summed E-state index contributed by atoms with van der Waals surface area (Å²) in [5, 5.41) is 137. The van der Waals surface area contributed by atoms with Crippen molar-refractivity contribution in [3.63, 3.8) is 0 Å². The Bertz CT molecular complexity index is 2160. The van der Waals surface area contributed by atoms with Gasteiger partial charge < -0.3 is 100 Å². The summed E-state index contributed by atoms with van der Waals surface area (Å²) in [7, 11) is 0. The molecular weight excluding hydrogens is 1400 g/mol. The molecule has 14 N–H and O–H groups in total. The first-order valence-corrected chi connectivity index (χ1v) is 44.9. The molecule has 0 saturated carbocycles. The molecule has 0 aromatic rings. The number of carbonyl (C=O) groups excluding carboxylic acids is 2. The number of rotatable bonds is 73. The third-order valence-electron chi connectivity index (χ3n) is 23.1. The van der Waals surface area contributed by atoms with Crippen LogP contribution in [0.25, 0.3) is 0 Å². The lowest BCUT2D eigenvalue weighted by Gasteiger charge is -2.50. The van der Waals surface area contributed by atoms with E-state index in [0.717, 1.165) is 51.9 Å². The van der Waals surface area contributed by atoms with E-state index in [1.54, 1.807) is 0 Å². The van der Waals surface area contributed by atoms with Crippen LogP contribution in [0.1, 0.15) is 393 Å². The van der Waals surface area contributed by atoms with E-state index >= 15 is 0 Å². The van der Waals surface area contributed by atoms with Gasteiger partial charge in [-0.2, -0.15) is 0 Å². The van der Waals surface area contributed by atoms with Crippen molar-refractivity contribution in [1.82, 2.24) is 10.6 Å². The van der Waals surface area contributed by atoms with E-state index in [-0.39, 0.29) is 18.9 Å². The van der Waals surface area contributed by atoms with Crippen molar-refractivity contribution in [1.29, 1.82) is 0 Å². The van der Waals surface area contributed by atoms with Gasteiger partial charge in [0.2, 0.25) is 11.8 Å². The van der Waals surface area contributed by atoms with Crippen molar-refractivity contribution >= 4 is 17.8 Å². The Labute approximate surface area is 659 Å². The van der Waals surface area contributed by atoms with Gasteiger partial charge in [-0.1, -0.05) is 361 Å². The second-order valence-corrected chi connectivity index (χ2v) is 32.8. The molecule has 0 aromatic carbocycles. The Kier molecular flexibility index (Phi) is 60.0. The van der Waals surface area contributed by atoms with Crippen LogP contribution in [0.5, 0.6) is 0 Å². The molecular formula is C86H164N2O21. The summed E-state index contributed by atoms with van der Waals surface area (Å²) >= 11 is 0. The van der Waals surface area contributed by atoms with Crippen LogP contribution in [0, 0.1) is 0 Å². The first-order valence-electron chi connectivity index (χ1n) is 44.9. The molecule has 0 radical (unpaired) electrons. The average molecular weight is 1560 g/mol. The highest BCUT2D eigenvalue weighted by Crippen LogP contribution is 2.39. The molecule has 0 bridgehead atoms. The molecule has 0 aliphatic carbocycles. The SMILES string of the molecule is CCCCCCCCCCCCCCCCCCCCCCCCCCCCCCCCCCCCCCCC(=O)NC(COC1OC(CO)C(OC2OC(CO)C(O)C(OC3(C(=O)O)CC(O)C(NC(C)=O)C(C(O)C(O)CO)O3)C2O)C(O)C1O)C(O)CCCCCCCCCCCCCCCCCCCC. The largest absolute Gasteiger partial charge is 0.477 e. The monoisotopic (exact) mass is 1560 g/mol. The highest BCUT2D eigenvalue weighted by Gasteiger charge is 2.60. The lowest BCUT2D eigenvalue weighted by Crippen LogP contribution is -2.70. The van der Waals surface area contributed by atoms with Crippen LogP contribution < -0.4 is 10.6 Å². The molecule has 3 heterocycles. The maximum absolute atomic E-state index is 13.6. The average Bonchev–Trinajstić information content (AvgIpc) is 0.753. The number of unbranched alkanes of at least 4 members (excludes halogenated alkanes) is 53. The molecule has 23 nitrogen and oxygen atoms in total. The van der Waals surface area contributed by atoms with Crippen LogP contribution >= 0.6 is 0 Å². The Morgan fingerprint density at radius 2 is 0.798 bits per heavy atom. The number of hydrogen-bond acceptors (Lipinski definition) is 20. The minimum Gasteiger partial charge on any atom is -0.477 e. The minimum atomic E-state index is -3.08. The molecule has 18 atom stereocenters. The number of carboxylic acids is 1. The van der Waals surface area contributed by atoms with Gasteiger partial charge in [0, 0.05) is 19.8 Å². The number of ether oxygens (including phenoxy) is 6. The molecule has 23 heteroatoms. The van der Waals surface area contributed by atoms with Crippen molar-refractivity contribution < 1.29 is 104 Å². The fourth-order valence-electron chi connectivity index (χ4n) is 16.0. The molecule has 0 spiro atoms. The number of aliphatic carboxylic acids is 1. The highest BCUT2D eigenvalue weighted by atomic mass is 16.8. The minimum absolute atomic E-state index is 0.230. The van der Waals surface area contributed by atoms with Crippen LogP contribution in [-0.4, -0.2) is 215 Å². The first-order chi connectivity index (χ1) is 52.9. The molecule has 644 valence electrons. The lowest BCUT2D eigenvalue weighted by atomic mass is 9.88. The van der Waals surface area contributed by atoms with Crippen molar-refractivity contribution in [3.05, 3.63) is 0 Å². The molecule has 3 saturated heterocycles. The highest BCUT2D eigenvalue weighted by molar-refractivity contribution is 5.77. The van der Waals surface area contributed by atoms with E-state index in [1.165, 1.54) is 295 Å². The van der Waals surface area contributed by atoms with Crippen LogP contribution in [0.4, 0.5) is 0 Å². The van der Waals surface area contributed by atoms with Crippen molar-refractivity contribution in [2.45, 2.75) is 503 Å². The third kappa shape index (κ3) is 44.0. The fourth-order valence-corrected chi connectivity index (χ4v) is 16.0. The third-order valence-corrected chi connectivity index (χ3v) is 23.1. The number of aliphatic hydroxyl groups is 11. The topological polar surface area (TPSA) is 373 Å². The normalized spacial score (nSPS) is 25.7. The van der Waals surface area contributed by atoms with Gasteiger partial charge in [-0.15, -0.1) is 0 Å². The standard InChI is InChI=1S/C86H164N2O21/c1-4-6-8-10-12-14-16-18-20-22-24-25-26-27-28-29-30-31-32-33-34-35-36-37-38-39-40-41-42-44-46-48-50-52-54-56-58-60-73(96)88-67(68(93)59-57-55-53-51-49-47-45-43-23-21-19-17-15-13-11-9-7-5-2)65-104-83-78(100)77(99)80(72(64-91)106-83)107-84-79(101)82(76(98)71(63-90)105-84)109-86(85(102)103)61-69(94)74(87-66(3)92)81(108-86)75(97)70(95)62-89/h67-72,74-84,89-91,93-95,97-101H,4-65H2,1-3H3,(H,87,92)(H,88,96)(H,102,103). The van der Waals surface area contributed by atoms with Gasteiger partial charge in [0.1, 0.15) is 67.1 Å². The number of nitrogens with one attached hydrogen (secondary N) is 2. The number of amides is 2. The zero-order valence-corrected chi connectivity index (χ0v) is 68.7. The van der Waals surface area contributed by atoms with Crippen LogP contribution in [-0.2, 0) is 42.8 Å². The van der Waals surface area contributed by atoms with Crippen molar-refractivity contribution in [2.75, 3.05) is 26.4 Å². The zero-order valence-electron chi connectivity index (χ0n) is 68.7. The summed E-state index contributed by atoms with van der Waals surface area (Å²) in [5.74, 6) is -6.08. The summed E-state index contributed by atoms with van der Waals surface area (Å²) < 4.78 is 35.0. The van der Waals surface area contributed by atoms with E-state index in [2.05, 4.69) is 24.5 Å². The van der Waals surface area contributed by atoms with Crippen LogP contribution in [0.3, 0.4) is 0 Å². The van der Waals surface area contributed by atoms with Crippen molar-refractivity contribution in [3.8, 4) is 0 Å². The van der Waals surface area contributed by atoms with E-state index in [9.17, 15) is 75.7 Å². The smallest absolute Gasteiger partial charge is 0.364 e. The lowest BCUT2D eigenvalue weighted by molar-refractivity contribution is -0.386. The maximum Gasteiger partial charge on any atom is 0.364 e. The fraction of sp³-hybridized carbons (Fsp3) is 0.965. The number of carboxylic acid groups (broad SMARTS) is 1. The summed E-state index contributed by atoms with van der Waals surface area (Å²) in [5.41, 5.74) is 0. The van der Waals surface area contributed by atoms with E-state index in [1.807, 2.05) is 0 Å². The summed E-state index contributed by atoms with van der Waals surface area (Å²) in [4.78, 5) is 38.8. The molecule has 0 aromatic heterocycles. The second kappa shape index (κ2) is 64.8. The van der Waals surface area contributed by atoms with Gasteiger partial charge >= 0.3 is 5.97 Å². The Morgan fingerprint density at radius 3 is 1.15 bits per heavy atom. The van der Waals surface area contributed by atoms with Crippen LogP contribution in [0.2, 0.25) is 0 Å². The summed E-state index contributed by atoms with van der Waals surface area (Å²) in [6.07, 6.45) is 42.7. The van der Waals surface area contributed by atoms with E-state index in [0.29, 0.717) is 19.3 Å². The predicted molar refractivity (Wildman–Crippen MR) is 426 cm³/mol. The molecule has 109 heavy (non-hydrogen) atoms. The van der Waals surface area contributed by atoms with Gasteiger partial charge in [0.05, 0.1) is 50.7 Å². The zero-order chi connectivity index (χ0) is 79.5. The summed E-state index contributed by atoms with van der Waals surface area (Å²) in [6.45, 7) is 2.28. The molecule has 3 aliphatic heterocycles. The Hall–Kier alpha value is -2.27. The molecule has 3 fully saturated rings. The van der Waals surface area contributed by atoms with Gasteiger partial charge in [-0.25, -0.2) is 4.79 Å². The molecule has 3 rings (SSSR count). The quantitative estimate of drug-likeness (QED) is 0.0252. The molecule has 2 amide bonds. The maximum atomic E-state index is 13.6. The predicted octanol–water partition coefficient (Wildman–Crippen LogP) is 13.9. The Balaban J connectivity index is 1.40. The summed E-state index contributed by atoms with van der Waals surface area (Å²) in [6, 6.07) is -2.53. The number of hydrogen-bond donors (Lipinski definition) is 14. The number of carbonyl (C=O) groups is 3. The first kappa shape index (κ1) is 101. The van der Waals surface area contributed by atoms with Gasteiger partial charge in [-0.3, -0.25) is 9.59 Å². The molecule has 18 unspecified atom stereocenters. The van der Waals surface area contributed by atoms with Crippen LogP contribution in [0.15, 0.2) is 0 Å². The van der Waals surface area contributed by atoms with Gasteiger partial charge in [0.15, 0.2) is 12.6 Å². The second-order valence-electron chi connectivity index (χ2n) is 32.8. The number of aliphatic hydroxyl groups excluding tert-OH is 11. The van der Waals surface area contributed by atoms with E-state index < -0.39 is 148 Å². The molecule has 3 aliphatic rings. The van der Waals surface area contributed by atoms with E-state index in [4.69, 9.17) is 28.4 Å². The van der Waals surface area contributed by atoms with Gasteiger partial charge in [-0.05, 0) is 12.8 Å². The van der Waals surface area contributed by atoms with Crippen molar-refractivity contribution in [2.24, 2.45) is 0 Å². The van der Waals surface area contributed by atoms with Gasteiger partial charge in [0.25, 0.3) is 5.79 Å². The Morgan fingerprint density at radius 1 is 0.440 bits per heavy atom.